The van der Waals surface area contributed by atoms with E-state index < -0.39 is 0 Å². The topological polar surface area (TPSA) is 56.4 Å². The van der Waals surface area contributed by atoms with E-state index in [1.54, 1.807) is 0 Å². The Hall–Kier alpha value is -2.33. The number of nitrogens with two attached hydrogens (primary N) is 1. The van der Waals surface area contributed by atoms with Gasteiger partial charge in [-0.05, 0) is 63.0 Å². The van der Waals surface area contributed by atoms with Crippen molar-refractivity contribution in [1.82, 2.24) is 9.80 Å². The quantitative estimate of drug-likeness (QED) is 0.340. The van der Waals surface area contributed by atoms with Crippen molar-refractivity contribution >= 4 is 11.5 Å². The van der Waals surface area contributed by atoms with Crippen molar-refractivity contribution in [2.75, 3.05) is 31.9 Å². The average Bonchev–Trinajstić information content (AvgIpc) is 2.70. The highest BCUT2D eigenvalue weighted by Gasteiger charge is 2.22. The summed E-state index contributed by atoms with van der Waals surface area (Å²) in [6, 6.07) is 17.0. The first-order valence-corrected chi connectivity index (χ1v) is 10.6. The van der Waals surface area contributed by atoms with Gasteiger partial charge in [0.2, 0.25) is 0 Å². The normalized spacial score (nSPS) is 12.2. The molecular formula is C24H36N4. The number of nitrogens with zero attached hydrogens (tertiary/aromatic N) is 2. The SMILES string of the molecule is CCCN(CCC)C(c1ccc(C(=N)N(CC)CC)cc1)c1cccc(N)c1. The number of hydrogen-bond donors (Lipinski definition) is 2. The summed E-state index contributed by atoms with van der Waals surface area (Å²) in [7, 11) is 0. The molecule has 2 aromatic rings. The molecule has 0 spiro atoms. The fourth-order valence-corrected chi connectivity index (χ4v) is 3.83. The van der Waals surface area contributed by atoms with Crippen molar-refractivity contribution in [1.29, 1.82) is 5.41 Å². The molecule has 28 heavy (non-hydrogen) atoms. The van der Waals surface area contributed by atoms with Gasteiger partial charge in [-0.1, -0.05) is 50.2 Å². The Morgan fingerprint density at radius 1 is 0.893 bits per heavy atom. The van der Waals surface area contributed by atoms with Gasteiger partial charge in [0.05, 0.1) is 6.04 Å². The Bertz CT molecular complexity index is 729. The monoisotopic (exact) mass is 380 g/mol. The van der Waals surface area contributed by atoms with Gasteiger partial charge in [0.25, 0.3) is 0 Å². The Morgan fingerprint density at radius 2 is 1.50 bits per heavy atom. The minimum Gasteiger partial charge on any atom is -0.399 e. The maximum absolute atomic E-state index is 8.47. The van der Waals surface area contributed by atoms with Gasteiger partial charge >= 0.3 is 0 Å². The smallest absolute Gasteiger partial charge is 0.128 e. The molecule has 0 aliphatic rings. The van der Waals surface area contributed by atoms with Crippen LogP contribution >= 0.6 is 0 Å². The van der Waals surface area contributed by atoms with Crippen LogP contribution in [0.3, 0.4) is 0 Å². The van der Waals surface area contributed by atoms with E-state index in [-0.39, 0.29) is 6.04 Å². The lowest BCUT2D eigenvalue weighted by Crippen LogP contribution is -2.32. The molecule has 0 amide bonds. The molecule has 0 radical (unpaired) electrons. The number of hydrogen-bond acceptors (Lipinski definition) is 3. The Labute approximate surface area is 170 Å². The van der Waals surface area contributed by atoms with Gasteiger partial charge in [-0.15, -0.1) is 0 Å². The van der Waals surface area contributed by atoms with Crippen molar-refractivity contribution in [2.45, 2.75) is 46.6 Å². The number of benzene rings is 2. The molecule has 0 saturated carbocycles. The maximum Gasteiger partial charge on any atom is 0.128 e. The minimum absolute atomic E-state index is 0.181. The standard InChI is InChI=1S/C24H36N4/c1-5-16-28(17-6-2)23(21-10-9-11-22(25)18-21)19-12-14-20(15-13-19)24(26)27(7-3)8-4/h9-15,18,23,26H,5-8,16-17,25H2,1-4H3. The second-order valence-electron chi connectivity index (χ2n) is 7.25. The molecule has 2 aromatic carbocycles. The van der Waals surface area contributed by atoms with Crippen LogP contribution in [-0.4, -0.2) is 41.8 Å². The summed E-state index contributed by atoms with van der Waals surface area (Å²) in [6.07, 6.45) is 2.23. The van der Waals surface area contributed by atoms with Crippen molar-refractivity contribution in [2.24, 2.45) is 0 Å². The first-order valence-electron chi connectivity index (χ1n) is 10.6. The first-order chi connectivity index (χ1) is 13.5. The molecule has 2 rings (SSSR count). The van der Waals surface area contributed by atoms with Gasteiger partial charge in [-0.2, -0.15) is 0 Å². The first kappa shape index (κ1) is 22.0. The highest BCUT2D eigenvalue weighted by atomic mass is 15.2. The summed E-state index contributed by atoms with van der Waals surface area (Å²) < 4.78 is 0. The van der Waals surface area contributed by atoms with E-state index in [9.17, 15) is 0 Å². The largest absolute Gasteiger partial charge is 0.399 e. The summed E-state index contributed by atoms with van der Waals surface area (Å²) in [5.41, 5.74) is 10.4. The van der Waals surface area contributed by atoms with Gasteiger partial charge < -0.3 is 10.6 Å². The van der Waals surface area contributed by atoms with Crippen molar-refractivity contribution in [3.8, 4) is 0 Å². The van der Waals surface area contributed by atoms with Gasteiger partial charge in [0, 0.05) is 24.3 Å². The zero-order valence-electron chi connectivity index (χ0n) is 17.9. The van der Waals surface area contributed by atoms with E-state index in [1.807, 2.05) is 12.1 Å². The van der Waals surface area contributed by atoms with Gasteiger partial charge in [0.1, 0.15) is 5.84 Å². The van der Waals surface area contributed by atoms with E-state index in [1.165, 1.54) is 11.1 Å². The summed E-state index contributed by atoms with van der Waals surface area (Å²) in [5, 5.41) is 8.47. The van der Waals surface area contributed by atoms with Gasteiger partial charge in [-0.25, -0.2) is 0 Å². The minimum atomic E-state index is 0.181. The molecule has 152 valence electrons. The van der Waals surface area contributed by atoms with Crippen LogP contribution in [0.1, 0.15) is 63.3 Å². The van der Waals surface area contributed by atoms with Crippen LogP contribution in [-0.2, 0) is 0 Å². The molecular weight excluding hydrogens is 344 g/mol. The van der Waals surface area contributed by atoms with Crippen LogP contribution in [0.5, 0.6) is 0 Å². The zero-order valence-corrected chi connectivity index (χ0v) is 17.9. The lowest BCUT2D eigenvalue weighted by atomic mass is 9.95. The van der Waals surface area contributed by atoms with Crippen molar-refractivity contribution in [3.05, 3.63) is 65.2 Å². The lowest BCUT2D eigenvalue weighted by Gasteiger charge is -2.32. The molecule has 4 heteroatoms. The third kappa shape index (κ3) is 5.35. The maximum atomic E-state index is 8.47. The number of nitrogens with one attached hydrogen (secondary N) is 1. The van der Waals surface area contributed by atoms with Crippen LogP contribution in [0.15, 0.2) is 48.5 Å². The molecule has 0 heterocycles. The number of rotatable bonds is 10. The third-order valence-electron chi connectivity index (χ3n) is 5.19. The van der Waals surface area contributed by atoms with E-state index in [2.05, 4.69) is 73.9 Å². The highest BCUT2D eigenvalue weighted by Crippen LogP contribution is 2.30. The van der Waals surface area contributed by atoms with Crippen LogP contribution in [0.2, 0.25) is 0 Å². The lowest BCUT2D eigenvalue weighted by molar-refractivity contribution is 0.226. The van der Waals surface area contributed by atoms with Crippen molar-refractivity contribution in [3.63, 3.8) is 0 Å². The average molecular weight is 381 g/mol. The summed E-state index contributed by atoms with van der Waals surface area (Å²) in [5.74, 6) is 0.594. The molecule has 1 atom stereocenters. The predicted octanol–water partition coefficient (Wildman–Crippen LogP) is 5.15. The number of anilines is 1. The Balaban J connectivity index is 2.41. The zero-order chi connectivity index (χ0) is 20.5. The second-order valence-corrected chi connectivity index (χ2v) is 7.25. The predicted molar refractivity (Wildman–Crippen MR) is 121 cm³/mol. The van der Waals surface area contributed by atoms with Gasteiger partial charge in [-0.3, -0.25) is 10.3 Å². The van der Waals surface area contributed by atoms with Crippen LogP contribution in [0, 0.1) is 5.41 Å². The molecule has 0 fully saturated rings. The van der Waals surface area contributed by atoms with E-state index in [0.717, 1.165) is 50.3 Å². The molecule has 0 aliphatic carbocycles. The fraction of sp³-hybridized carbons (Fsp3) is 0.458. The third-order valence-corrected chi connectivity index (χ3v) is 5.19. The molecule has 1 unspecified atom stereocenters. The molecule has 3 N–H and O–H groups in total. The Morgan fingerprint density at radius 3 is 2.00 bits per heavy atom. The summed E-state index contributed by atoms with van der Waals surface area (Å²) >= 11 is 0. The van der Waals surface area contributed by atoms with E-state index in [4.69, 9.17) is 11.1 Å². The number of nitrogen functional groups attached to an aromatic ring is 1. The summed E-state index contributed by atoms with van der Waals surface area (Å²) in [4.78, 5) is 4.62. The highest BCUT2D eigenvalue weighted by molar-refractivity contribution is 5.96. The second kappa shape index (κ2) is 10.9. The molecule has 0 bridgehead atoms. The summed E-state index contributed by atoms with van der Waals surface area (Å²) in [6.45, 7) is 12.4. The van der Waals surface area contributed by atoms with E-state index >= 15 is 0 Å². The molecule has 0 aromatic heterocycles. The molecule has 0 saturated heterocycles. The van der Waals surface area contributed by atoms with Crippen LogP contribution in [0.25, 0.3) is 0 Å². The Kier molecular flexibility index (Phi) is 8.52. The fourth-order valence-electron chi connectivity index (χ4n) is 3.83. The van der Waals surface area contributed by atoms with Gasteiger partial charge in [0.15, 0.2) is 0 Å². The van der Waals surface area contributed by atoms with Crippen LogP contribution in [0.4, 0.5) is 5.69 Å². The van der Waals surface area contributed by atoms with Crippen LogP contribution < -0.4 is 5.73 Å². The van der Waals surface area contributed by atoms with Crippen molar-refractivity contribution < 1.29 is 0 Å². The van der Waals surface area contributed by atoms with E-state index in [0.29, 0.717) is 5.84 Å². The number of amidine groups is 1. The molecule has 0 aliphatic heterocycles. The molecule has 4 nitrogen and oxygen atoms in total.